The molecule has 1 aromatic heterocycles. The number of anilines is 1. The van der Waals surface area contributed by atoms with E-state index in [-0.39, 0.29) is 24.4 Å². The van der Waals surface area contributed by atoms with Crippen LogP contribution in [0.25, 0.3) is 0 Å². The fraction of sp³-hybridized carbons (Fsp3) is 0.333. The van der Waals surface area contributed by atoms with Crippen LogP contribution in [-0.4, -0.2) is 60.1 Å². The van der Waals surface area contributed by atoms with Crippen LogP contribution in [0.1, 0.15) is 12.5 Å². The van der Waals surface area contributed by atoms with Crippen LogP contribution < -0.4 is 15.1 Å². The monoisotopic (exact) mass is 455 g/mol. The van der Waals surface area contributed by atoms with Gasteiger partial charge in [-0.3, -0.25) is 10.0 Å². The largest absolute Gasteiger partial charge is 0.508 e. The van der Waals surface area contributed by atoms with Crippen molar-refractivity contribution >= 4 is 33.5 Å². The van der Waals surface area contributed by atoms with Gasteiger partial charge < -0.3 is 10.0 Å². The summed E-state index contributed by atoms with van der Waals surface area (Å²) >= 11 is 5.85. The predicted octanol–water partition coefficient (Wildman–Crippen LogP) is 0.818. The third-order valence-electron chi connectivity index (χ3n) is 4.95. The van der Waals surface area contributed by atoms with Gasteiger partial charge in [-0.2, -0.15) is 17.4 Å². The fourth-order valence-corrected chi connectivity index (χ4v) is 4.79. The molecule has 0 saturated carbocycles. The van der Waals surface area contributed by atoms with Gasteiger partial charge in [-0.25, -0.2) is 10.5 Å². The van der Waals surface area contributed by atoms with Crippen molar-refractivity contribution in [2.45, 2.75) is 12.5 Å². The maximum absolute atomic E-state index is 13.0. The Morgan fingerprint density at radius 1 is 1.13 bits per heavy atom. The zero-order valence-corrected chi connectivity index (χ0v) is 17.7. The molecule has 0 bridgehead atoms. The molecule has 1 aromatic carbocycles. The number of hydrogen-bond donors (Lipinski definition) is 4. The SMILES string of the molecule is C[C@](NS(=O)(=O)N1CCN(c2ccc(Cl)cn2)CC1)(C(=O)NO)c1ccc(O)cc1. The Morgan fingerprint density at radius 2 is 1.77 bits per heavy atom. The van der Waals surface area contributed by atoms with E-state index in [1.165, 1.54) is 47.2 Å². The number of nitrogens with one attached hydrogen (secondary N) is 2. The van der Waals surface area contributed by atoms with Gasteiger partial charge >= 0.3 is 0 Å². The van der Waals surface area contributed by atoms with Gasteiger partial charge in [-0.1, -0.05) is 23.7 Å². The molecule has 1 saturated heterocycles. The summed E-state index contributed by atoms with van der Waals surface area (Å²) in [5.41, 5.74) is -0.0429. The van der Waals surface area contributed by atoms with Crippen molar-refractivity contribution in [3.8, 4) is 5.75 Å². The molecule has 4 N–H and O–H groups in total. The minimum atomic E-state index is -4.09. The van der Waals surface area contributed by atoms with Crippen molar-refractivity contribution < 1.29 is 23.5 Å². The van der Waals surface area contributed by atoms with Gasteiger partial charge in [0.1, 0.15) is 17.1 Å². The number of piperazine rings is 1. The van der Waals surface area contributed by atoms with Crippen LogP contribution in [0.3, 0.4) is 0 Å². The molecule has 30 heavy (non-hydrogen) atoms. The van der Waals surface area contributed by atoms with Gasteiger partial charge in [0.2, 0.25) is 0 Å². The minimum Gasteiger partial charge on any atom is -0.508 e. The van der Waals surface area contributed by atoms with E-state index >= 15 is 0 Å². The zero-order valence-electron chi connectivity index (χ0n) is 16.1. The standard InChI is InChI=1S/C18H22ClN5O5S/c1-18(17(26)21-27,13-2-5-15(25)6-3-13)22-30(28,29)24-10-8-23(9-11-24)16-7-4-14(19)12-20-16/h2-7,12,22,25,27H,8-11H2,1H3,(H,21,26)/t18-/m1/s1. The second-order valence-electron chi connectivity index (χ2n) is 6.94. The molecule has 2 aromatic rings. The Morgan fingerprint density at radius 3 is 2.30 bits per heavy atom. The van der Waals surface area contributed by atoms with Crippen LogP contribution in [0.5, 0.6) is 5.75 Å². The molecule has 1 amide bonds. The Hall–Kier alpha value is -2.44. The molecule has 0 aliphatic carbocycles. The van der Waals surface area contributed by atoms with Crippen molar-refractivity contribution in [1.29, 1.82) is 0 Å². The summed E-state index contributed by atoms with van der Waals surface area (Å²) in [6.45, 7) is 2.48. The van der Waals surface area contributed by atoms with E-state index in [9.17, 15) is 18.3 Å². The lowest BCUT2D eigenvalue weighted by molar-refractivity contribution is -0.135. The Labute approximate surface area is 179 Å². The van der Waals surface area contributed by atoms with Crippen LogP contribution >= 0.6 is 11.6 Å². The summed E-state index contributed by atoms with van der Waals surface area (Å²) in [4.78, 5) is 18.5. The van der Waals surface area contributed by atoms with Crippen LogP contribution in [0.15, 0.2) is 42.6 Å². The number of amides is 1. The lowest BCUT2D eigenvalue weighted by Crippen LogP contribution is -2.59. The maximum atomic E-state index is 13.0. The summed E-state index contributed by atoms with van der Waals surface area (Å²) in [5, 5.41) is 19.1. The number of rotatable bonds is 6. The number of aromatic nitrogens is 1. The van der Waals surface area contributed by atoms with E-state index in [2.05, 4.69) is 9.71 Å². The van der Waals surface area contributed by atoms with E-state index in [0.717, 1.165) is 0 Å². The maximum Gasteiger partial charge on any atom is 0.280 e. The first-order valence-electron chi connectivity index (χ1n) is 9.05. The highest BCUT2D eigenvalue weighted by molar-refractivity contribution is 7.87. The third-order valence-corrected chi connectivity index (χ3v) is 6.88. The highest BCUT2D eigenvalue weighted by atomic mass is 35.5. The highest BCUT2D eigenvalue weighted by Gasteiger charge is 2.41. The van der Waals surface area contributed by atoms with Crippen molar-refractivity contribution in [2.24, 2.45) is 0 Å². The van der Waals surface area contributed by atoms with Crippen LogP contribution in [-0.2, 0) is 20.5 Å². The average Bonchev–Trinajstić information content (AvgIpc) is 2.74. The van der Waals surface area contributed by atoms with Gasteiger partial charge in [0.05, 0.1) is 5.02 Å². The molecular weight excluding hydrogens is 434 g/mol. The van der Waals surface area contributed by atoms with Crippen LogP contribution in [0, 0.1) is 0 Å². The average molecular weight is 456 g/mol. The number of benzene rings is 1. The van der Waals surface area contributed by atoms with E-state index in [1.807, 2.05) is 4.90 Å². The van der Waals surface area contributed by atoms with E-state index < -0.39 is 21.7 Å². The van der Waals surface area contributed by atoms with Gasteiger partial charge in [-0.15, -0.1) is 0 Å². The molecule has 1 aliphatic heterocycles. The van der Waals surface area contributed by atoms with E-state index in [1.54, 1.807) is 12.1 Å². The van der Waals surface area contributed by atoms with Crippen molar-refractivity contribution in [3.05, 3.63) is 53.2 Å². The first-order chi connectivity index (χ1) is 14.2. The molecule has 3 rings (SSSR count). The van der Waals surface area contributed by atoms with Crippen molar-refractivity contribution in [3.63, 3.8) is 0 Å². The molecular formula is C18H22ClN5O5S. The lowest BCUT2D eigenvalue weighted by atomic mass is 9.92. The van der Waals surface area contributed by atoms with Crippen molar-refractivity contribution in [2.75, 3.05) is 31.1 Å². The van der Waals surface area contributed by atoms with E-state index in [4.69, 9.17) is 16.8 Å². The smallest absolute Gasteiger partial charge is 0.280 e. The number of nitrogens with zero attached hydrogens (tertiary/aromatic N) is 3. The summed E-state index contributed by atoms with van der Waals surface area (Å²) in [5.74, 6) is -0.306. The number of halogens is 1. The van der Waals surface area contributed by atoms with Gasteiger partial charge in [-0.05, 0) is 36.8 Å². The Bertz CT molecular complexity index is 995. The van der Waals surface area contributed by atoms with Crippen LogP contribution in [0.4, 0.5) is 5.82 Å². The first-order valence-corrected chi connectivity index (χ1v) is 10.9. The summed E-state index contributed by atoms with van der Waals surface area (Å²) in [7, 11) is -4.09. The number of hydrogen-bond acceptors (Lipinski definition) is 7. The zero-order chi connectivity index (χ0) is 21.9. The normalized spacial score (nSPS) is 17.4. The van der Waals surface area contributed by atoms with Crippen molar-refractivity contribution in [1.82, 2.24) is 19.5 Å². The molecule has 1 atom stereocenters. The number of carbonyl (C=O) groups is 1. The molecule has 1 fully saturated rings. The molecule has 0 radical (unpaired) electrons. The minimum absolute atomic E-state index is 0.0414. The molecule has 12 heteroatoms. The predicted molar refractivity (Wildman–Crippen MR) is 110 cm³/mol. The quantitative estimate of drug-likeness (QED) is 0.374. The number of pyridine rings is 1. The summed E-state index contributed by atoms with van der Waals surface area (Å²) in [6.07, 6.45) is 1.53. The molecule has 10 nitrogen and oxygen atoms in total. The van der Waals surface area contributed by atoms with Gasteiger partial charge in [0, 0.05) is 32.4 Å². The number of phenols is 1. The lowest BCUT2D eigenvalue weighted by Gasteiger charge is -2.37. The highest BCUT2D eigenvalue weighted by Crippen LogP contribution is 2.25. The topological polar surface area (TPSA) is 135 Å². The number of aromatic hydroxyl groups is 1. The number of hydroxylamine groups is 1. The Kier molecular flexibility index (Phi) is 6.48. The van der Waals surface area contributed by atoms with Gasteiger partial charge in [0.25, 0.3) is 16.1 Å². The molecule has 162 valence electrons. The van der Waals surface area contributed by atoms with E-state index in [0.29, 0.717) is 23.9 Å². The fourth-order valence-electron chi connectivity index (χ4n) is 3.18. The summed E-state index contributed by atoms with van der Waals surface area (Å²) < 4.78 is 29.6. The molecule has 0 unspecified atom stereocenters. The molecule has 1 aliphatic rings. The molecule has 2 heterocycles. The number of phenolic OH excluding ortho intramolecular Hbond substituents is 1. The first kappa shape index (κ1) is 22.2. The molecule has 0 spiro atoms. The van der Waals surface area contributed by atoms with Crippen LogP contribution in [0.2, 0.25) is 5.02 Å². The summed E-state index contributed by atoms with van der Waals surface area (Å²) in [6, 6.07) is 8.92. The Balaban J connectivity index is 1.76. The second kappa shape index (κ2) is 8.74. The van der Waals surface area contributed by atoms with Gasteiger partial charge in [0.15, 0.2) is 0 Å². The third kappa shape index (κ3) is 4.65. The second-order valence-corrected chi connectivity index (χ2v) is 9.05. The number of carbonyl (C=O) groups excluding carboxylic acids is 1.